The summed E-state index contributed by atoms with van der Waals surface area (Å²) in [7, 11) is 0. The van der Waals surface area contributed by atoms with Crippen molar-refractivity contribution in [3.05, 3.63) is 34.3 Å². The molecule has 0 radical (unpaired) electrons. The summed E-state index contributed by atoms with van der Waals surface area (Å²) in [4.78, 5) is 0. The molecule has 102 valence electrons. The smallest absolute Gasteiger partial charge is 0.0721 e. The molecule has 18 heavy (non-hydrogen) atoms. The molecule has 0 saturated heterocycles. The Balaban J connectivity index is 2.26. The first-order valence-electron chi connectivity index (χ1n) is 6.75. The highest BCUT2D eigenvalue weighted by molar-refractivity contribution is 9.10. The fourth-order valence-electron chi connectivity index (χ4n) is 1.83. The first kappa shape index (κ1) is 15.7. The second-order valence-electron chi connectivity index (χ2n) is 4.67. The predicted octanol–water partition coefficient (Wildman–Crippen LogP) is 4.13. The lowest BCUT2D eigenvalue weighted by Gasteiger charge is -2.19. The molecule has 0 aromatic heterocycles. The lowest BCUT2D eigenvalue weighted by molar-refractivity contribution is 0.0511. The minimum absolute atomic E-state index is 0.240. The van der Waals surface area contributed by atoms with Gasteiger partial charge in [0.15, 0.2) is 0 Å². The molecule has 0 bridgehead atoms. The van der Waals surface area contributed by atoms with Crippen LogP contribution in [-0.4, -0.2) is 18.7 Å². The molecule has 0 amide bonds. The quantitative estimate of drug-likeness (QED) is 0.779. The van der Waals surface area contributed by atoms with Gasteiger partial charge >= 0.3 is 0 Å². The van der Waals surface area contributed by atoms with Crippen molar-refractivity contribution in [2.75, 3.05) is 6.54 Å². The van der Waals surface area contributed by atoms with E-state index in [-0.39, 0.29) is 6.10 Å². The average molecular weight is 314 g/mol. The van der Waals surface area contributed by atoms with Gasteiger partial charge in [0, 0.05) is 17.1 Å². The molecule has 1 aromatic rings. The van der Waals surface area contributed by atoms with E-state index in [1.807, 2.05) is 12.1 Å². The van der Waals surface area contributed by atoms with Crippen LogP contribution in [0.25, 0.3) is 0 Å². The Morgan fingerprint density at radius 2 is 2.00 bits per heavy atom. The van der Waals surface area contributed by atoms with Crippen LogP contribution in [0.4, 0.5) is 0 Å². The van der Waals surface area contributed by atoms with E-state index in [4.69, 9.17) is 4.74 Å². The Labute approximate surface area is 119 Å². The van der Waals surface area contributed by atoms with Crippen molar-refractivity contribution in [1.29, 1.82) is 0 Å². The second-order valence-corrected chi connectivity index (χ2v) is 5.59. The summed E-state index contributed by atoms with van der Waals surface area (Å²) in [6.07, 6.45) is 2.59. The molecule has 0 aliphatic carbocycles. The SMILES string of the molecule is CCC(CC)NCC(C)OCc1cccc(Br)c1. The van der Waals surface area contributed by atoms with E-state index in [1.165, 1.54) is 18.4 Å². The van der Waals surface area contributed by atoms with Gasteiger partial charge < -0.3 is 10.1 Å². The molecule has 1 aromatic carbocycles. The summed E-state index contributed by atoms with van der Waals surface area (Å²) in [6, 6.07) is 8.87. The number of halogens is 1. The molecule has 0 aliphatic rings. The van der Waals surface area contributed by atoms with Crippen LogP contribution in [0.15, 0.2) is 28.7 Å². The Hall–Kier alpha value is -0.380. The maximum absolute atomic E-state index is 5.84. The molecule has 0 spiro atoms. The third kappa shape index (κ3) is 5.98. The molecule has 1 atom stereocenters. The highest BCUT2D eigenvalue weighted by atomic mass is 79.9. The van der Waals surface area contributed by atoms with Crippen molar-refractivity contribution < 1.29 is 4.74 Å². The van der Waals surface area contributed by atoms with Gasteiger partial charge in [0.2, 0.25) is 0 Å². The van der Waals surface area contributed by atoms with Gasteiger partial charge in [-0.2, -0.15) is 0 Å². The lowest BCUT2D eigenvalue weighted by atomic mass is 10.1. The molecule has 0 saturated carbocycles. The topological polar surface area (TPSA) is 21.3 Å². The Kier molecular flexibility index (Phi) is 7.56. The third-order valence-electron chi connectivity index (χ3n) is 3.10. The summed E-state index contributed by atoms with van der Waals surface area (Å²) in [6.45, 7) is 8.14. The van der Waals surface area contributed by atoms with E-state index in [9.17, 15) is 0 Å². The van der Waals surface area contributed by atoms with Crippen LogP contribution in [0, 0.1) is 0 Å². The van der Waals surface area contributed by atoms with Crippen molar-refractivity contribution in [2.45, 2.75) is 52.4 Å². The Bertz CT molecular complexity index is 339. The molecule has 3 heteroatoms. The summed E-state index contributed by atoms with van der Waals surface area (Å²) >= 11 is 3.47. The first-order chi connectivity index (χ1) is 8.65. The van der Waals surface area contributed by atoms with Crippen LogP contribution in [0.1, 0.15) is 39.2 Å². The van der Waals surface area contributed by atoms with Crippen molar-refractivity contribution in [3.8, 4) is 0 Å². The zero-order valence-corrected chi connectivity index (χ0v) is 13.2. The van der Waals surface area contributed by atoms with E-state index in [0.717, 1.165) is 11.0 Å². The number of ether oxygens (including phenoxy) is 1. The van der Waals surface area contributed by atoms with Gasteiger partial charge in [0.25, 0.3) is 0 Å². The van der Waals surface area contributed by atoms with Crippen LogP contribution >= 0.6 is 15.9 Å². The second kappa shape index (κ2) is 8.68. The van der Waals surface area contributed by atoms with Crippen LogP contribution in [-0.2, 0) is 11.3 Å². The number of rotatable bonds is 8. The summed E-state index contributed by atoms with van der Waals surface area (Å²) < 4.78 is 6.94. The van der Waals surface area contributed by atoms with Crippen molar-refractivity contribution >= 4 is 15.9 Å². The standard InChI is InChI=1S/C15H24BrNO/c1-4-15(5-2)17-10-12(3)18-11-13-7-6-8-14(16)9-13/h6-9,12,15,17H,4-5,10-11H2,1-3H3. The summed E-state index contributed by atoms with van der Waals surface area (Å²) in [5.74, 6) is 0. The normalized spacial score (nSPS) is 12.9. The van der Waals surface area contributed by atoms with Gasteiger partial charge in [-0.15, -0.1) is 0 Å². The van der Waals surface area contributed by atoms with Crippen molar-refractivity contribution in [3.63, 3.8) is 0 Å². The number of hydrogen-bond donors (Lipinski definition) is 1. The molecular weight excluding hydrogens is 290 g/mol. The fourth-order valence-corrected chi connectivity index (χ4v) is 2.28. The predicted molar refractivity (Wildman–Crippen MR) is 80.8 cm³/mol. The fraction of sp³-hybridized carbons (Fsp3) is 0.600. The van der Waals surface area contributed by atoms with Gasteiger partial charge in [-0.25, -0.2) is 0 Å². The minimum atomic E-state index is 0.240. The molecule has 0 fully saturated rings. The zero-order chi connectivity index (χ0) is 13.4. The Morgan fingerprint density at radius 3 is 2.61 bits per heavy atom. The summed E-state index contributed by atoms with van der Waals surface area (Å²) in [5.41, 5.74) is 1.21. The van der Waals surface area contributed by atoms with E-state index < -0.39 is 0 Å². The van der Waals surface area contributed by atoms with Gasteiger partial charge in [0.1, 0.15) is 0 Å². The van der Waals surface area contributed by atoms with E-state index in [2.05, 4.69) is 54.2 Å². The molecule has 1 N–H and O–H groups in total. The zero-order valence-electron chi connectivity index (χ0n) is 11.6. The van der Waals surface area contributed by atoms with Crippen LogP contribution in [0.2, 0.25) is 0 Å². The highest BCUT2D eigenvalue weighted by Crippen LogP contribution is 2.12. The molecule has 2 nitrogen and oxygen atoms in total. The van der Waals surface area contributed by atoms with Gasteiger partial charge in [-0.1, -0.05) is 41.9 Å². The number of hydrogen-bond acceptors (Lipinski definition) is 2. The maximum Gasteiger partial charge on any atom is 0.0721 e. The van der Waals surface area contributed by atoms with Crippen LogP contribution < -0.4 is 5.32 Å². The highest BCUT2D eigenvalue weighted by Gasteiger charge is 2.06. The molecular formula is C15H24BrNO. The minimum Gasteiger partial charge on any atom is -0.373 e. The Morgan fingerprint density at radius 1 is 1.28 bits per heavy atom. The molecule has 1 rings (SSSR count). The van der Waals surface area contributed by atoms with Crippen molar-refractivity contribution in [2.24, 2.45) is 0 Å². The maximum atomic E-state index is 5.84. The third-order valence-corrected chi connectivity index (χ3v) is 3.60. The largest absolute Gasteiger partial charge is 0.373 e. The van der Waals surface area contributed by atoms with E-state index >= 15 is 0 Å². The summed E-state index contributed by atoms with van der Waals surface area (Å²) in [5, 5.41) is 3.53. The van der Waals surface area contributed by atoms with E-state index in [0.29, 0.717) is 12.6 Å². The van der Waals surface area contributed by atoms with Crippen LogP contribution in [0.3, 0.4) is 0 Å². The van der Waals surface area contributed by atoms with Crippen LogP contribution in [0.5, 0.6) is 0 Å². The van der Waals surface area contributed by atoms with Gasteiger partial charge in [0.05, 0.1) is 12.7 Å². The average Bonchev–Trinajstić information content (AvgIpc) is 2.37. The monoisotopic (exact) mass is 313 g/mol. The first-order valence-corrected chi connectivity index (χ1v) is 7.54. The van der Waals surface area contributed by atoms with E-state index in [1.54, 1.807) is 0 Å². The molecule has 0 heterocycles. The number of nitrogens with one attached hydrogen (secondary N) is 1. The van der Waals surface area contributed by atoms with Gasteiger partial charge in [-0.3, -0.25) is 0 Å². The number of benzene rings is 1. The van der Waals surface area contributed by atoms with Gasteiger partial charge in [-0.05, 0) is 37.5 Å². The molecule has 0 aliphatic heterocycles. The van der Waals surface area contributed by atoms with Crippen molar-refractivity contribution in [1.82, 2.24) is 5.32 Å². The lowest BCUT2D eigenvalue weighted by Crippen LogP contribution is -2.34. The molecule has 1 unspecified atom stereocenters.